The molecule has 1 aromatic rings. The van der Waals surface area contributed by atoms with Crippen molar-refractivity contribution in [2.24, 2.45) is 0 Å². The van der Waals surface area contributed by atoms with Gasteiger partial charge in [0.25, 0.3) is 0 Å². The first-order valence-corrected chi connectivity index (χ1v) is 4.31. The van der Waals surface area contributed by atoms with E-state index in [4.69, 9.17) is 21.1 Å². The average molecular weight is 199 g/mol. The number of hydrogen-bond acceptors (Lipinski definition) is 2. The summed E-state index contributed by atoms with van der Waals surface area (Å²) >= 11 is 5.70. The summed E-state index contributed by atoms with van der Waals surface area (Å²) in [5.41, 5.74) is 0. The summed E-state index contributed by atoms with van der Waals surface area (Å²) < 4.78 is 10.2. The molecule has 0 saturated carbocycles. The van der Waals surface area contributed by atoms with Crippen molar-refractivity contribution in [3.8, 4) is 5.75 Å². The normalized spacial score (nSPS) is 9.31. The third-order valence-corrected chi connectivity index (χ3v) is 1.65. The molecule has 0 heterocycles. The fraction of sp³-hybridized carbons (Fsp3) is 0.200. The van der Waals surface area contributed by atoms with Crippen LogP contribution < -0.4 is 4.74 Å². The standard InChI is InChI=1S/C10H11ClO2/c1-2-12-7-8-13-10-5-3-9(11)4-6-10/h2-6H,1,7-8H2. The Kier molecular flexibility index (Phi) is 4.19. The molecule has 3 heteroatoms. The van der Waals surface area contributed by atoms with Crippen LogP contribution in [0.3, 0.4) is 0 Å². The van der Waals surface area contributed by atoms with Gasteiger partial charge in [-0.1, -0.05) is 18.2 Å². The second-order valence-corrected chi connectivity index (χ2v) is 2.78. The summed E-state index contributed by atoms with van der Waals surface area (Å²) in [5, 5.41) is 0.703. The molecule has 70 valence electrons. The Labute approximate surface area is 82.7 Å². The SMILES string of the molecule is C=COCCOc1ccc(Cl)cc1. The second kappa shape index (κ2) is 5.49. The quantitative estimate of drug-likeness (QED) is 0.535. The van der Waals surface area contributed by atoms with Gasteiger partial charge in [0.15, 0.2) is 0 Å². The van der Waals surface area contributed by atoms with Crippen molar-refractivity contribution in [3.63, 3.8) is 0 Å². The van der Waals surface area contributed by atoms with Gasteiger partial charge in [-0.2, -0.15) is 0 Å². The molecule has 0 atom stereocenters. The maximum atomic E-state index is 5.70. The summed E-state index contributed by atoms with van der Waals surface area (Å²) in [6.45, 7) is 4.44. The first-order valence-electron chi connectivity index (χ1n) is 3.94. The molecular formula is C10H11ClO2. The molecule has 0 aliphatic rings. The van der Waals surface area contributed by atoms with Crippen LogP contribution in [0.4, 0.5) is 0 Å². The van der Waals surface area contributed by atoms with Gasteiger partial charge in [-0.3, -0.25) is 0 Å². The minimum Gasteiger partial charge on any atom is -0.498 e. The van der Waals surface area contributed by atoms with Crippen LogP contribution in [0.1, 0.15) is 0 Å². The lowest BCUT2D eigenvalue weighted by molar-refractivity contribution is 0.179. The van der Waals surface area contributed by atoms with E-state index in [0.717, 1.165) is 5.75 Å². The monoisotopic (exact) mass is 198 g/mol. The molecule has 0 radical (unpaired) electrons. The number of hydrogen-bond donors (Lipinski definition) is 0. The summed E-state index contributed by atoms with van der Waals surface area (Å²) in [4.78, 5) is 0. The Balaban J connectivity index is 2.28. The van der Waals surface area contributed by atoms with Gasteiger partial charge < -0.3 is 9.47 Å². The van der Waals surface area contributed by atoms with Gasteiger partial charge in [0, 0.05) is 5.02 Å². The molecule has 13 heavy (non-hydrogen) atoms. The molecule has 0 unspecified atom stereocenters. The molecule has 0 bridgehead atoms. The molecule has 0 saturated heterocycles. The fourth-order valence-corrected chi connectivity index (χ4v) is 0.948. The van der Waals surface area contributed by atoms with E-state index in [1.807, 2.05) is 12.1 Å². The van der Waals surface area contributed by atoms with Gasteiger partial charge in [0.2, 0.25) is 0 Å². The number of rotatable bonds is 5. The van der Waals surface area contributed by atoms with E-state index in [1.54, 1.807) is 12.1 Å². The average Bonchev–Trinajstić information content (AvgIpc) is 2.15. The van der Waals surface area contributed by atoms with Gasteiger partial charge >= 0.3 is 0 Å². The van der Waals surface area contributed by atoms with E-state index in [0.29, 0.717) is 18.2 Å². The van der Waals surface area contributed by atoms with Crippen molar-refractivity contribution in [2.75, 3.05) is 13.2 Å². The third kappa shape index (κ3) is 3.85. The van der Waals surface area contributed by atoms with Crippen LogP contribution in [-0.4, -0.2) is 13.2 Å². The molecule has 1 rings (SSSR count). The lowest BCUT2D eigenvalue weighted by atomic mass is 10.3. The van der Waals surface area contributed by atoms with Crippen LogP contribution in [0, 0.1) is 0 Å². The maximum Gasteiger partial charge on any atom is 0.122 e. The van der Waals surface area contributed by atoms with Crippen molar-refractivity contribution in [1.82, 2.24) is 0 Å². The molecule has 0 aromatic heterocycles. The first-order chi connectivity index (χ1) is 6.33. The van der Waals surface area contributed by atoms with Crippen LogP contribution in [0.5, 0.6) is 5.75 Å². The molecule has 0 spiro atoms. The minimum atomic E-state index is 0.506. The van der Waals surface area contributed by atoms with E-state index in [-0.39, 0.29) is 0 Å². The van der Waals surface area contributed by atoms with Gasteiger partial charge in [-0.15, -0.1) is 0 Å². The van der Waals surface area contributed by atoms with E-state index < -0.39 is 0 Å². The Bertz CT molecular complexity index is 256. The summed E-state index contributed by atoms with van der Waals surface area (Å²) in [7, 11) is 0. The van der Waals surface area contributed by atoms with Crippen LogP contribution in [-0.2, 0) is 4.74 Å². The zero-order valence-electron chi connectivity index (χ0n) is 7.20. The van der Waals surface area contributed by atoms with E-state index in [1.165, 1.54) is 6.26 Å². The predicted octanol–water partition coefficient (Wildman–Crippen LogP) is 2.88. The topological polar surface area (TPSA) is 18.5 Å². The van der Waals surface area contributed by atoms with Crippen molar-refractivity contribution < 1.29 is 9.47 Å². The van der Waals surface area contributed by atoms with Crippen LogP contribution in [0.25, 0.3) is 0 Å². The van der Waals surface area contributed by atoms with Crippen LogP contribution >= 0.6 is 11.6 Å². The summed E-state index contributed by atoms with van der Waals surface area (Å²) in [5.74, 6) is 0.789. The molecule has 2 nitrogen and oxygen atoms in total. The lowest BCUT2D eigenvalue weighted by Gasteiger charge is -2.05. The van der Waals surface area contributed by atoms with Gasteiger partial charge in [0.05, 0.1) is 6.26 Å². The molecule has 0 N–H and O–H groups in total. The Morgan fingerprint density at radius 2 is 1.92 bits per heavy atom. The molecule has 0 aliphatic carbocycles. The van der Waals surface area contributed by atoms with Gasteiger partial charge in [0.1, 0.15) is 19.0 Å². The molecular weight excluding hydrogens is 188 g/mol. The number of ether oxygens (including phenoxy) is 2. The Morgan fingerprint density at radius 3 is 2.54 bits per heavy atom. The minimum absolute atomic E-state index is 0.506. The van der Waals surface area contributed by atoms with Gasteiger partial charge in [-0.05, 0) is 24.3 Å². The van der Waals surface area contributed by atoms with Crippen LogP contribution in [0.15, 0.2) is 37.1 Å². The van der Waals surface area contributed by atoms with Crippen molar-refractivity contribution >= 4 is 11.6 Å². The highest BCUT2D eigenvalue weighted by atomic mass is 35.5. The lowest BCUT2D eigenvalue weighted by Crippen LogP contribution is -2.03. The van der Waals surface area contributed by atoms with Crippen molar-refractivity contribution in [1.29, 1.82) is 0 Å². The third-order valence-electron chi connectivity index (χ3n) is 1.40. The molecule has 0 amide bonds. The largest absolute Gasteiger partial charge is 0.498 e. The Hall–Kier alpha value is -1.15. The molecule has 0 fully saturated rings. The molecule has 1 aromatic carbocycles. The first kappa shape index (κ1) is 9.93. The van der Waals surface area contributed by atoms with E-state index in [9.17, 15) is 0 Å². The second-order valence-electron chi connectivity index (χ2n) is 2.34. The maximum absolute atomic E-state index is 5.70. The van der Waals surface area contributed by atoms with Crippen LogP contribution in [0.2, 0.25) is 5.02 Å². The summed E-state index contributed by atoms with van der Waals surface area (Å²) in [6, 6.07) is 7.20. The van der Waals surface area contributed by atoms with Crippen molar-refractivity contribution in [2.45, 2.75) is 0 Å². The smallest absolute Gasteiger partial charge is 0.122 e. The number of halogens is 1. The summed E-state index contributed by atoms with van der Waals surface area (Å²) in [6.07, 6.45) is 1.39. The van der Waals surface area contributed by atoms with E-state index in [2.05, 4.69) is 6.58 Å². The predicted molar refractivity (Wildman–Crippen MR) is 53.1 cm³/mol. The molecule has 0 aliphatic heterocycles. The highest BCUT2D eigenvalue weighted by Crippen LogP contribution is 2.15. The van der Waals surface area contributed by atoms with E-state index >= 15 is 0 Å². The number of benzene rings is 1. The fourth-order valence-electron chi connectivity index (χ4n) is 0.822. The zero-order chi connectivity index (χ0) is 9.52. The Morgan fingerprint density at radius 1 is 1.23 bits per heavy atom. The highest BCUT2D eigenvalue weighted by molar-refractivity contribution is 6.30. The van der Waals surface area contributed by atoms with Gasteiger partial charge in [-0.25, -0.2) is 0 Å². The zero-order valence-corrected chi connectivity index (χ0v) is 7.96. The highest BCUT2D eigenvalue weighted by Gasteiger charge is 1.92. The van der Waals surface area contributed by atoms with Crippen molar-refractivity contribution in [3.05, 3.63) is 42.1 Å².